The van der Waals surface area contributed by atoms with E-state index in [0.29, 0.717) is 24.5 Å². The third-order valence-corrected chi connectivity index (χ3v) is 7.30. The third-order valence-electron chi connectivity index (χ3n) is 6.72. The quantitative estimate of drug-likeness (QED) is 0.616. The number of urea groups is 1. The second-order valence-electron chi connectivity index (χ2n) is 8.52. The monoisotopic (exact) mass is 459 g/mol. The van der Waals surface area contributed by atoms with Crippen molar-refractivity contribution in [3.05, 3.63) is 69.2 Å². The van der Waals surface area contributed by atoms with E-state index in [2.05, 4.69) is 28.1 Å². The second kappa shape index (κ2) is 8.71. The predicted octanol–water partition coefficient (Wildman–Crippen LogP) is 4.77. The van der Waals surface area contributed by atoms with Gasteiger partial charge in [0.15, 0.2) is 0 Å². The van der Waals surface area contributed by atoms with E-state index >= 15 is 0 Å². The fourth-order valence-electron chi connectivity index (χ4n) is 5.33. The van der Waals surface area contributed by atoms with Gasteiger partial charge < -0.3 is 16.0 Å². The van der Waals surface area contributed by atoms with Gasteiger partial charge in [0.2, 0.25) is 5.91 Å². The third kappa shape index (κ3) is 4.01. The zero-order valence-corrected chi connectivity index (χ0v) is 19.2. The van der Waals surface area contributed by atoms with Crippen molar-refractivity contribution in [2.24, 2.45) is 5.92 Å². The SMILES string of the molecule is CCNC(=O)N[C@@]12CC[C@@H](c3ccc(C)cc3Cl)[C@H](c3ccc(Cl)cc3)[C@@H]1CNC2=O. The maximum atomic E-state index is 13.1. The Morgan fingerprint density at radius 1 is 1.19 bits per heavy atom. The van der Waals surface area contributed by atoms with Crippen molar-refractivity contribution in [3.63, 3.8) is 0 Å². The molecule has 4 rings (SSSR count). The van der Waals surface area contributed by atoms with Crippen LogP contribution in [-0.2, 0) is 4.79 Å². The van der Waals surface area contributed by atoms with Gasteiger partial charge in [0.25, 0.3) is 0 Å². The lowest BCUT2D eigenvalue weighted by atomic mass is 9.60. The molecule has 3 N–H and O–H groups in total. The number of nitrogens with one attached hydrogen (secondary N) is 3. The average molecular weight is 460 g/mol. The van der Waals surface area contributed by atoms with Gasteiger partial charge in [0, 0.05) is 29.1 Å². The molecule has 0 radical (unpaired) electrons. The van der Waals surface area contributed by atoms with Crippen molar-refractivity contribution >= 4 is 35.1 Å². The molecule has 2 aliphatic rings. The highest BCUT2D eigenvalue weighted by Gasteiger charge is 2.58. The molecule has 4 atom stereocenters. The van der Waals surface area contributed by atoms with Crippen molar-refractivity contribution in [2.45, 2.75) is 44.1 Å². The molecule has 2 aromatic rings. The first-order valence-electron chi connectivity index (χ1n) is 10.7. The van der Waals surface area contributed by atoms with E-state index in [1.807, 2.05) is 44.2 Å². The van der Waals surface area contributed by atoms with Crippen molar-refractivity contribution in [2.75, 3.05) is 13.1 Å². The Morgan fingerprint density at radius 3 is 2.61 bits per heavy atom. The normalized spacial score (nSPS) is 27.4. The number of rotatable bonds is 4. The van der Waals surface area contributed by atoms with Gasteiger partial charge in [-0.2, -0.15) is 0 Å². The first-order chi connectivity index (χ1) is 14.9. The molecule has 3 amide bonds. The molecule has 0 spiro atoms. The predicted molar refractivity (Wildman–Crippen MR) is 124 cm³/mol. The number of hydrogen-bond donors (Lipinski definition) is 3. The van der Waals surface area contributed by atoms with Crippen molar-refractivity contribution in [1.29, 1.82) is 0 Å². The highest BCUT2D eigenvalue weighted by molar-refractivity contribution is 6.31. The molecule has 1 saturated heterocycles. The van der Waals surface area contributed by atoms with Crippen LogP contribution in [0.3, 0.4) is 0 Å². The van der Waals surface area contributed by atoms with Gasteiger partial charge in [0.1, 0.15) is 5.54 Å². The van der Waals surface area contributed by atoms with Crippen molar-refractivity contribution < 1.29 is 9.59 Å². The minimum atomic E-state index is -0.947. The molecule has 31 heavy (non-hydrogen) atoms. The van der Waals surface area contributed by atoms with E-state index in [9.17, 15) is 9.59 Å². The summed E-state index contributed by atoms with van der Waals surface area (Å²) in [6.07, 6.45) is 1.28. The number of benzene rings is 2. The van der Waals surface area contributed by atoms with Gasteiger partial charge in [-0.25, -0.2) is 4.79 Å². The Labute approximate surface area is 192 Å². The second-order valence-corrected chi connectivity index (χ2v) is 9.36. The lowest BCUT2D eigenvalue weighted by molar-refractivity contribution is -0.126. The molecule has 1 aliphatic heterocycles. The Kier molecular flexibility index (Phi) is 6.18. The molecule has 0 aromatic heterocycles. The van der Waals surface area contributed by atoms with E-state index < -0.39 is 5.54 Å². The molecule has 0 unspecified atom stereocenters. The van der Waals surface area contributed by atoms with Crippen LogP contribution in [0.25, 0.3) is 0 Å². The maximum Gasteiger partial charge on any atom is 0.315 e. The van der Waals surface area contributed by atoms with Gasteiger partial charge in [-0.05, 0) is 73.4 Å². The average Bonchev–Trinajstić information content (AvgIpc) is 3.05. The van der Waals surface area contributed by atoms with Crippen LogP contribution in [0.1, 0.15) is 48.3 Å². The van der Waals surface area contributed by atoms with Crippen LogP contribution < -0.4 is 16.0 Å². The molecule has 1 aliphatic carbocycles. The summed E-state index contributed by atoms with van der Waals surface area (Å²) < 4.78 is 0. The Hall–Kier alpha value is -2.24. The van der Waals surface area contributed by atoms with Crippen LogP contribution in [0.2, 0.25) is 10.0 Å². The Balaban J connectivity index is 1.80. The number of fused-ring (bicyclic) bond motifs is 1. The summed E-state index contributed by atoms with van der Waals surface area (Å²) in [6, 6.07) is 13.6. The van der Waals surface area contributed by atoms with Crippen LogP contribution >= 0.6 is 23.2 Å². The van der Waals surface area contributed by atoms with E-state index in [1.165, 1.54) is 0 Å². The number of carbonyl (C=O) groups is 2. The summed E-state index contributed by atoms with van der Waals surface area (Å²) in [6.45, 7) is 4.87. The molecule has 0 bridgehead atoms. The lowest BCUT2D eigenvalue weighted by Crippen LogP contribution is -2.62. The van der Waals surface area contributed by atoms with Gasteiger partial charge in [-0.15, -0.1) is 0 Å². The maximum absolute atomic E-state index is 13.1. The van der Waals surface area contributed by atoms with Gasteiger partial charge in [-0.3, -0.25) is 4.79 Å². The molecule has 164 valence electrons. The van der Waals surface area contributed by atoms with E-state index in [1.54, 1.807) is 0 Å². The zero-order chi connectivity index (χ0) is 22.2. The van der Waals surface area contributed by atoms with Crippen LogP contribution in [0, 0.1) is 12.8 Å². The fourth-order valence-corrected chi connectivity index (χ4v) is 5.83. The molecule has 7 heteroatoms. The summed E-state index contributed by atoms with van der Waals surface area (Å²) in [4.78, 5) is 25.5. The topological polar surface area (TPSA) is 70.2 Å². The summed E-state index contributed by atoms with van der Waals surface area (Å²) in [7, 11) is 0. The minimum absolute atomic E-state index is 0.00732. The van der Waals surface area contributed by atoms with E-state index in [0.717, 1.165) is 28.1 Å². The minimum Gasteiger partial charge on any atom is -0.354 e. The number of aryl methyl sites for hydroxylation is 1. The molecule has 2 aromatic carbocycles. The summed E-state index contributed by atoms with van der Waals surface area (Å²) in [5.41, 5.74) is 2.34. The first-order valence-corrected chi connectivity index (χ1v) is 11.5. The summed E-state index contributed by atoms with van der Waals surface area (Å²) >= 11 is 12.8. The molecular weight excluding hydrogens is 433 g/mol. The van der Waals surface area contributed by atoms with Crippen LogP contribution in [0.15, 0.2) is 42.5 Å². The Bertz CT molecular complexity index is 995. The molecule has 1 saturated carbocycles. The van der Waals surface area contributed by atoms with Crippen molar-refractivity contribution in [3.8, 4) is 0 Å². The number of amides is 3. The van der Waals surface area contributed by atoms with Gasteiger partial charge in [0.05, 0.1) is 0 Å². The summed E-state index contributed by atoms with van der Waals surface area (Å²) in [5, 5.41) is 10.2. The molecule has 1 heterocycles. The van der Waals surface area contributed by atoms with Crippen molar-refractivity contribution in [1.82, 2.24) is 16.0 Å². The summed E-state index contributed by atoms with van der Waals surface area (Å²) in [5.74, 6) is -0.112. The fraction of sp³-hybridized carbons (Fsp3) is 0.417. The van der Waals surface area contributed by atoms with Crippen LogP contribution in [0.4, 0.5) is 4.79 Å². The number of hydrogen-bond acceptors (Lipinski definition) is 2. The standard InChI is InChI=1S/C24H27Cl2N3O2/c1-3-27-23(31)29-24-11-10-18(17-9-4-14(2)12-20(17)26)21(19(24)13-28-22(24)30)15-5-7-16(25)8-6-15/h4-9,12,18-19,21H,3,10-11,13H2,1-2H3,(H,28,30)(H2,27,29,31)/t18-,19-,21-,24-/m0/s1. The number of carbonyl (C=O) groups excluding carboxylic acids is 2. The highest BCUT2D eigenvalue weighted by Crippen LogP contribution is 2.54. The van der Waals surface area contributed by atoms with Crippen LogP contribution in [0.5, 0.6) is 0 Å². The van der Waals surface area contributed by atoms with E-state index in [-0.39, 0.29) is 29.7 Å². The lowest BCUT2D eigenvalue weighted by Gasteiger charge is -2.46. The molecule has 2 fully saturated rings. The highest BCUT2D eigenvalue weighted by atomic mass is 35.5. The largest absolute Gasteiger partial charge is 0.354 e. The molecule has 5 nitrogen and oxygen atoms in total. The van der Waals surface area contributed by atoms with Gasteiger partial charge in [-0.1, -0.05) is 47.5 Å². The Morgan fingerprint density at radius 2 is 1.94 bits per heavy atom. The first kappa shape index (κ1) is 22.0. The number of halogens is 2. The van der Waals surface area contributed by atoms with Crippen LogP contribution in [-0.4, -0.2) is 30.6 Å². The molecular formula is C24H27Cl2N3O2. The zero-order valence-electron chi connectivity index (χ0n) is 17.7. The smallest absolute Gasteiger partial charge is 0.315 e. The van der Waals surface area contributed by atoms with Gasteiger partial charge >= 0.3 is 6.03 Å². The van der Waals surface area contributed by atoms with E-state index in [4.69, 9.17) is 23.2 Å².